The summed E-state index contributed by atoms with van der Waals surface area (Å²) in [5, 5.41) is 54.6. The van der Waals surface area contributed by atoms with E-state index in [1.165, 1.54) is 263 Å². The van der Waals surface area contributed by atoms with Crippen LogP contribution in [0.5, 0.6) is 0 Å². The molecular formula is C69H129NO8. The van der Waals surface area contributed by atoms with Crippen LogP contribution >= 0.6 is 0 Å². The highest BCUT2D eigenvalue weighted by molar-refractivity contribution is 5.76. The molecule has 1 amide bonds. The topological polar surface area (TPSA) is 149 Å². The van der Waals surface area contributed by atoms with Gasteiger partial charge in [-0.2, -0.15) is 0 Å². The molecule has 0 aromatic carbocycles. The van der Waals surface area contributed by atoms with Gasteiger partial charge in [0, 0.05) is 6.42 Å². The Morgan fingerprint density at radius 1 is 0.423 bits per heavy atom. The fraction of sp³-hybridized carbons (Fsp3) is 0.870. The van der Waals surface area contributed by atoms with Crippen molar-refractivity contribution in [3.8, 4) is 0 Å². The number of amides is 1. The van der Waals surface area contributed by atoms with Crippen molar-refractivity contribution in [2.75, 3.05) is 13.2 Å². The molecule has 6 N–H and O–H groups in total. The molecule has 1 heterocycles. The van der Waals surface area contributed by atoms with E-state index < -0.39 is 49.5 Å². The highest BCUT2D eigenvalue weighted by Crippen LogP contribution is 2.23. The van der Waals surface area contributed by atoms with Crippen molar-refractivity contribution >= 4 is 5.91 Å². The van der Waals surface area contributed by atoms with Crippen LogP contribution in [0.15, 0.2) is 48.6 Å². The first-order chi connectivity index (χ1) is 38.3. The smallest absolute Gasteiger partial charge is 0.220 e. The Hall–Kier alpha value is -1.85. The Bertz CT molecular complexity index is 1370. The van der Waals surface area contributed by atoms with Gasteiger partial charge in [0.2, 0.25) is 5.91 Å². The lowest BCUT2D eigenvalue weighted by Crippen LogP contribution is -2.60. The first kappa shape index (κ1) is 74.2. The normalized spacial score (nSPS) is 18.9. The van der Waals surface area contributed by atoms with Crippen molar-refractivity contribution in [2.45, 2.75) is 371 Å². The van der Waals surface area contributed by atoms with Gasteiger partial charge in [0.1, 0.15) is 24.4 Å². The van der Waals surface area contributed by atoms with Crippen molar-refractivity contribution in [2.24, 2.45) is 0 Å². The van der Waals surface area contributed by atoms with Gasteiger partial charge in [-0.3, -0.25) is 4.79 Å². The van der Waals surface area contributed by atoms with Crippen LogP contribution in [-0.2, 0) is 14.3 Å². The fourth-order valence-corrected chi connectivity index (χ4v) is 10.8. The van der Waals surface area contributed by atoms with Gasteiger partial charge >= 0.3 is 0 Å². The molecule has 0 aromatic heterocycles. The molecule has 458 valence electrons. The summed E-state index contributed by atoms with van der Waals surface area (Å²) < 4.78 is 11.3. The van der Waals surface area contributed by atoms with E-state index in [1.54, 1.807) is 6.08 Å². The summed E-state index contributed by atoms with van der Waals surface area (Å²) in [7, 11) is 0. The van der Waals surface area contributed by atoms with Gasteiger partial charge in [-0.15, -0.1) is 0 Å². The number of aliphatic hydroxyl groups excluding tert-OH is 5. The molecule has 1 fully saturated rings. The van der Waals surface area contributed by atoms with E-state index in [0.717, 1.165) is 44.9 Å². The predicted octanol–water partition coefficient (Wildman–Crippen LogP) is 18.0. The van der Waals surface area contributed by atoms with Gasteiger partial charge in [-0.25, -0.2) is 0 Å². The summed E-state index contributed by atoms with van der Waals surface area (Å²) in [5.41, 5.74) is 0. The quantitative estimate of drug-likeness (QED) is 0.0261. The number of ether oxygens (including phenoxy) is 2. The monoisotopic (exact) mass is 1100 g/mol. The van der Waals surface area contributed by atoms with Gasteiger partial charge in [-0.1, -0.05) is 300 Å². The number of carbonyl (C=O) groups is 1. The minimum atomic E-state index is -1.58. The maximum absolute atomic E-state index is 13.1. The zero-order valence-corrected chi connectivity index (χ0v) is 51.2. The number of rotatable bonds is 59. The lowest BCUT2D eigenvalue weighted by molar-refractivity contribution is -0.302. The molecule has 0 bridgehead atoms. The first-order valence-corrected chi connectivity index (χ1v) is 33.9. The van der Waals surface area contributed by atoms with Crippen LogP contribution < -0.4 is 5.32 Å². The third-order valence-corrected chi connectivity index (χ3v) is 16.1. The standard InChI is InChI=1S/C69H129NO8/c1-3-5-7-9-11-13-15-17-19-21-23-25-27-28-29-30-31-32-33-34-35-36-37-39-41-43-45-47-49-51-53-55-57-59-65(73)70-62(61-77-69-68(76)67(75)66(74)64(60-71)78-69)63(72)58-56-54-52-50-48-46-44-42-40-38-26-24-22-20-18-16-14-12-10-8-6-4-2/h21,23,40,42,48,50,56,58,62-64,66-69,71-72,74-76H,3-20,22,24-39,41,43-47,49,51-55,57,59-61H2,1-2H3,(H,70,73)/b23-21-,42-40+,50-48+,58-56+. The van der Waals surface area contributed by atoms with Crippen LogP contribution in [0.2, 0.25) is 0 Å². The molecule has 0 radical (unpaired) electrons. The number of aliphatic hydroxyl groups is 5. The molecule has 1 rings (SSSR count). The molecule has 9 heteroatoms. The molecule has 1 saturated heterocycles. The molecule has 0 saturated carbocycles. The summed E-state index contributed by atoms with van der Waals surface area (Å²) in [4.78, 5) is 13.1. The third-order valence-electron chi connectivity index (χ3n) is 16.1. The Kier molecular flexibility index (Phi) is 55.5. The van der Waals surface area contributed by atoms with Crippen LogP contribution in [0.4, 0.5) is 0 Å². The van der Waals surface area contributed by atoms with Gasteiger partial charge in [0.15, 0.2) is 6.29 Å². The second-order valence-electron chi connectivity index (χ2n) is 23.6. The Balaban J connectivity index is 2.14. The maximum atomic E-state index is 13.1. The van der Waals surface area contributed by atoms with Crippen LogP contribution in [0.3, 0.4) is 0 Å². The van der Waals surface area contributed by atoms with Crippen molar-refractivity contribution < 1.29 is 39.8 Å². The fourth-order valence-electron chi connectivity index (χ4n) is 10.8. The number of nitrogens with one attached hydrogen (secondary N) is 1. The summed E-state index contributed by atoms with van der Waals surface area (Å²) in [6, 6.07) is -0.829. The Labute approximate surface area is 482 Å². The van der Waals surface area contributed by atoms with E-state index in [1.807, 2.05) is 6.08 Å². The van der Waals surface area contributed by atoms with Crippen LogP contribution in [-0.4, -0.2) is 87.5 Å². The van der Waals surface area contributed by atoms with Crippen LogP contribution in [0, 0.1) is 0 Å². The average Bonchev–Trinajstić information content (AvgIpc) is 3.45. The number of hydrogen-bond acceptors (Lipinski definition) is 8. The maximum Gasteiger partial charge on any atom is 0.220 e. The molecule has 7 atom stereocenters. The molecule has 78 heavy (non-hydrogen) atoms. The van der Waals surface area contributed by atoms with Crippen LogP contribution in [0.1, 0.15) is 328 Å². The van der Waals surface area contributed by atoms with E-state index in [0.29, 0.717) is 6.42 Å². The number of unbranched alkanes of at least 4 members (excludes halogenated alkanes) is 43. The lowest BCUT2D eigenvalue weighted by Gasteiger charge is -2.40. The molecule has 1 aliphatic heterocycles. The zero-order valence-electron chi connectivity index (χ0n) is 51.2. The highest BCUT2D eigenvalue weighted by atomic mass is 16.7. The second kappa shape index (κ2) is 58.4. The molecule has 0 aliphatic carbocycles. The molecule has 7 unspecified atom stereocenters. The molecule has 0 aromatic rings. The Morgan fingerprint density at radius 2 is 0.731 bits per heavy atom. The highest BCUT2D eigenvalue weighted by Gasteiger charge is 2.44. The Morgan fingerprint density at radius 3 is 1.08 bits per heavy atom. The first-order valence-electron chi connectivity index (χ1n) is 33.9. The molecular weight excluding hydrogens is 971 g/mol. The van der Waals surface area contributed by atoms with Gasteiger partial charge in [0.05, 0.1) is 25.4 Å². The van der Waals surface area contributed by atoms with Gasteiger partial charge in [-0.05, 0) is 70.6 Å². The predicted molar refractivity (Wildman–Crippen MR) is 332 cm³/mol. The largest absolute Gasteiger partial charge is 0.394 e. The third kappa shape index (κ3) is 46.7. The van der Waals surface area contributed by atoms with Crippen molar-refractivity contribution in [1.82, 2.24) is 5.32 Å². The van der Waals surface area contributed by atoms with E-state index >= 15 is 0 Å². The molecule has 9 nitrogen and oxygen atoms in total. The average molecular weight is 1100 g/mol. The summed E-state index contributed by atoms with van der Waals surface area (Å²) in [5.74, 6) is -0.185. The molecule has 1 aliphatic rings. The minimum Gasteiger partial charge on any atom is -0.394 e. The lowest BCUT2D eigenvalue weighted by atomic mass is 9.99. The SMILES string of the molecule is CCCCCCCCCC/C=C\CCCCCCCCCCCCCCCCCCCCCCCC(=O)NC(COC1OC(CO)C(O)C(O)C1O)C(O)/C=C/CC/C=C/CC/C=C/CCCCCCCCCCCCCC. The minimum absolute atomic E-state index is 0.185. The number of carbonyl (C=O) groups excluding carboxylic acids is 1. The van der Waals surface area contributed by atoms with E-state index in [2.05, 4.69) is 55.6 Å². The zero-order chi connectivity index (χ0) is 56.5. The van der Waals surface area contributed by atoms with E-state index in [-0.39, 0.29) is 12.5 Å². The van der Waals surface area contributed by atoms with Crippen LogP contribution in [0.25, 0.3) is 0 Å². The summed E-state index contributed by atoms with van der Waals surface area (Å²) >= 11 is 0. The summed E-state index contributed by atoms with van der Waals surface area (Å²) in [6.45, 7) is 3.80. The van der Waals surface area contributed by atoms with Gasteiger partial charge < -0.3 is 40.3 Å². The molecule has 0 spiro atoms. The van der Waals surface area contributed by atoms with Gasteiger partial charge in [0.25, 0.3) is 0 Å². The van der Waals surface area contributed by atoms with E-state index in [4.69, 9.17) is 9.47 Å². The number of hydrogen-bond donors (Lipinski definition) is 6. The number of allylic oxidation sites excluding steroid dienone is 7. The van der Waals surface area contributed by atoms with Crippen molar-refractivity contribution in [1.29, 1.82) is 0 Å². The second-order valence-corrected chi connectivity index (χ2v) is 23.6. The van der Waals surface area contributed by atoms with Crippen molar-refractivity contribution in [3.63, 3.8) is 0 Å². The van der Waals surface area contributed by atoms with Crippen molar-refractivity contribution in [3.05, 3.63) is 48.6 Å². The summed E-state index contributed by atoms with van der Waals surface area (Å²) in [6.07, 6.45) is 72.2. The van der Waals surface area contributed by atoms with E-state index in [9.17, 15) is 30.3 Å².